The van der Waals surface area contributed by atoms with E-state index in [9.17, 15) is 14.0 Å². The predicted molar refractivity (Wildman–Crippen MR) is 131 cm³/mol. The number of hydrogen-bond acceptors (Lipinski definition) is 4. The summed E-state index contributed by atoms with van der Waals surface area (Å²) in [4.78, 5) is 36.8. The van der Waals surface area contributed by atoms with Crippen LogP contribution in [0.1, 0.15) is 29.7 Å². The summed E-state index contributed by atoms with van der Waals surface area (Å²) in [6.07, 6.45) is 2.59. The van der Waals surface area contributed by atoms with Gasteiger partial charge in [0.1, 0.15) is 11.4 Å². The van der Waals surface area contributed by atoms with Crippen molar-refractivity contribution in [1.82, 2.24) is 19.7 Å². The summed E-state index contributed by atoms with van der Waals surface area (Å²) >= 11 is 6.23. The number of carbonyl (C=O) groups is 2. The lowest BCUT2D eigenvalue weighted by Gasteiger charge is -2.42. The SMILES string of the molecule is O=C1N(Cc2ccccn2)C(=O)C2(CCN(Cc3c(F)cccc3Cl)CC2)N1Cc1ccccc1. The molecule has 0 radical (unpaired) electrons. The van der Waals surface area contributed by atoms with Gasteiger partial charge in [-0.15, -0.1) is 0 Å². The molecule has 1 spiro atoms. The summed E-state index contributed by atoms with van der Waals surface area (Å²) in [5.74, 6) is -0.523. The Morgan fingerprint density at radius 1 is 0.886 bits per heavy atom. The van der Waals surface area contributed by atoms with E-state index in [0.29, 0.717) is 55.3 Å². The van der Waals surface area contributed by atoms with Gasteiger partial charge < -0.3 is 4.90 Å². The molecule has 35 heavy (non-hydrogen) atoms. The Morgan fingerprint density at radius 3 is 2.31 bits per heavy atom. The van der Waals surface area contributed by atoms with Crippen LogP contribution in [0.15, 0.2) is 72.9 Å². The number of likely N-dealkylation sites (tertiary alicyclic amines) is 1. The van der Waals surface area contributed by atoms with Crippen molar-refractivity contribution in [2.24, 2.45) is 0 Å². The van der Waals surface area contributed by atoms with Crippen molar-refractivity contribution >= 4 is 23.5 Å². The van der Waals surface area contributed by atoms with Crippen molar-refractivity contribution in [3.05, 3.63) is 101 Å². The molecule has 1 aromatic heterocycles. The van der Waals surface area contributed by atoms with E-state index in [-0.39, 0.29) is 24.3 Å². The number of amides is 3. The van der Waals surface area contributed by atoms with Crippen LogP contribution in [0.25, 0.3) is 0 Å². The molecule has 2 aliphatic rings. The van der Waals surface area contributed by atoms with Crippen molar-refractivity contribution in [3.8, 4) is 0 Å². The average molecular weight is 493 g/mol. The highest BCUT2D eigenvalue weighted by Gasteiger charge is 2.57. The third-order valence-electron chi connectivity index (χ3n) is 6.98. The fourth-order valence-electron chi connectivity index (χ4n) is 5.03. The van der Waals surface area contributed by atoms with Crippen LogP contribution in [0.3, 0.4) is 0 Å². The molecule has 0 aliphatic carbocycles. The van der Waals surface area contributed by atoms with Gasteiger partial charge in [0.25, 0.3) is 5.91 Å². The number of halogens is 2. The standard InChI is InChI=1S/C27H26ClFN4O2/c28-23-10-6-11-24(29)22(23)19-31-15-12-27(13-16-31)25(34)32(18-21-9-4-5-14-30-21)26(35)33(27)17-20-7-2-1-3-8-20/h1-11,14H,12-13,15-19H2. The second-order valence-electron chi connectivity index (χ2n) is 9.07. The molecule has 6 nitrogen and oxygen atoms in total. The average Bonchev–Trinajstić information content (AvgIpc) is 3.05. The number of imide groups is 1. The highest BCUT2D eigenvalue weighted by molar-refractivity contribution is 6.31. The predicted octanol–water partition coefficient (Wildman–Crippen LogP) is 4.87. The fraction of sp³-hybridized carbons (Fsp3) is 0.296. The summed E-state index contributed by atoms with van der Waals surface area (Å²) < 4.78 is 14.3. The molecular weight excluding hydrogens is 467 g/mol. The highest BCUT2D eigenvalue weighted by atomic mass is 35.5. The normalized spacial score (nSPS) is 18.0. The molecule has 0 N–H and O–H groups in total. The molecular formula is C27H26ClFN4O2. The number of rotatable bonds is 6. The molecule has 3 heterocycles. The molecule has 0 atom stereocenters. The van der Waals surface area contributed by atoms with Crippen LogP contribution in [0.2, 0.25) is 5.02 Å². The van der Waals surface area contributed by atoms with Gasteiger partial charge >= 0.3 is 6.03 Å². The maximum Gasteiger partial charge on any atom is 0.328 e. The van der Waals surface area contributed by atoms with Gasteiger partial charge in [-0.05, 0) is 42.7 Å². The zero-order valence-electron chi connectivity index (χ0n) is 19.2. The van der Waals surface area contributed by atoms with Gasteiger partial charge in [-0.25, -0.2) is 9.18 Å². The van der Waals surface area contributed by atoms with E-state index in [1.807, 2.05) is 42.5 Å². The number of hydrogen-bond donors (Lipinski definition) is 0. The Bertz CT molecular complexity index is 1200. The molecule has 180 valence electrons. The Morgan fingerprint density at radius 2 is 1.63 bits per heavy atom. The maximum atomic E-state index is 14.3. The largest absolute Gasteiger partial charge is 0.328 e. The number of carbonyl (C=O) groups excluding carboxylic acids is 2. The number of nitrogens with zero attached hydrogens (tertiary/aromatic N) is 4. The highest BCUT2D eigenvalue weighted by Crippen LogP contribution is 2.39. The van der Waals surface area contributed by atoms with Crippen molar-refractivity contribution in [2.75, 3.05) is 13.1 Å². The summed E-state index contributed by atoms with van der Waals surface area (Å²) in [6, 6.07) is 19.5. The summed E-state index contributed by atoms with van der Waals surface area (Å²) in [7, 11) is 0. The molecule has 3 aromatic rings. The van der Waals surface area contributed by atoms with E-state index >= 15 is 0 Å². The molecule has 2 aromatic carbocycles. The molecule has 2 fully saturated rings. The van der Waals surface area contributed by atoms with Crippen LogP contribution in [0.4, 0.5) is 9.18 Å². The van der Waals surface area contributed by atoms with E-state index in [1.165, 1.54) is 11.0 Å². The molecule has 0 unspecified atom stereocenters. The smallest absolute Gasteiger partial charge is 0.305 e. The maximum absolute atomic E-state index is 14.3. The van der Waals surface area contributed by atoms with Gasteiger partial charge in [0.2, 0.25) is 0 Å². The fourth-order valence-corrected chi connectivity index (χ4v) is 5.25. The number of benzene rings is 2. The third-order valence-corrected chi connectivity index (χ3v) is 7.33. The van der Waals surface area contributed by atoms with E-state index in [1.54, 1.807) is 29.3 Å². The number of aromatic nitrogens is 1. The summed E-state index contributed by atoms with van der Waals surface area (Å²) in [5, 5.41) is 0.393. The monoisotopic (exact) mass is 492 g/mol. The Kier molecular flexibility index (Phi) is 6.54. The van der Waals surface area contributed by atoms with Crippen LogP contribution in [0, 0.1) is 5.82 Å². The summed E-state index contributed by atoms with van der Waals surface area (Å²) in [5.41, 5.74) is 1.15. The Balaban J connectivity index is 1.39. The number of piperidine rings is 1. The second-order valence-corrected chi connectivity index (χ2v) is 9.48. The van der Waals surface area contributed by atoms with Gasteiger partial charge in [0.15, 0.2) is 0 Å². The van der Waals surface area contributed by atoms with Crippen molar-refractivity contribution in [1.29, 1.82) is 0 Å². The lowest BCUT2D eigenvalue weighted by molar-refractivity contribution is -0.136. The van der Waals surface area contributed by atoms with Gasteiger partial charge in [-0.2, -0.15) is 0 Å². The topological polar surface area (TPSA) is 56.8 Å². The molecule has 0 bridgehead atoms. The third kappa shape index (κ3) is 4.54. The minimum absolute atomic E-state index is 0.139. The first-order chi connectivity index (χ1) is 17.0. The minimum Gasteiger partial charge on any atom is -0.305 e. The lowest BCUT2D eigenvalue weighted by Crippen LogP contribution is -2.56. The van der Waals surface area contributed by atoms with Crippen LogP contribution in [-0.2, 0) is 24.4 Å². The molecule has 8 heteroatoms. The molecule has 3 amide bonds. The molecule has 0 saturated carbocycles. The molecule has 5 rings (SSSR count). The first-order valence-corrected chi connectivity index (χ1v) is 12.1. The lowest BCUT2D eigenvalue weighted by atomic mass is 9.85. The molecule has 2 aliphatic heterocycles. The Hall–Kier alpha value is -3.29. The quantitative estimate of drug-likeness (QED) is 0.460. The van der Waals surface area contributed by atoms with Gasteiger partial charge in [-0.3, -0.25) is 19.6 Å². The van der Waals surface area contributed by atoms with Crippen molar-refractivity contribution < 1.29 is 14.0 Å². The number of urea groups is 1. The van der Waals surface area contributed by atoms with E-state index in [0.717, 1.165) is 5.56 Å². The zero-order chi connectivity index (χ0) is 24.4. The zero-order valence-corrected chi connectivity index (χ0v) is 20.0. The van der Waals surface area contributed by atoms with Crippen LogP contribution in [-0.4, -0.2) is 50.3 Å². The number of pyridine rings is 1. The van der Waals surface area contributed by atoms with Gasteiger partial charge in [0, 0.05) is 43.0 Å². The molecule has 2 saturated heterocycles. The van der Waals surface area contributed by atoms with E-state index in [4.69, 9.17) is 11.6 Å². The van der Waals surface area contributed by atoms with Gasteiger partial charge in [-0.1, -0.05) is 54.1 Å². The van der Waals surface area contributed by atoms with Crippen molar-refractivity contribution in [3.63, 3.8) is 0 Å². The first-order valence-electron chi connectivity index (χ1n) is 11.7. The van der Waals surface area contributed by atoms with Crippen LogP contribution in [0.5, 0.6) is 0 Å². The Labute approximate surface area is 208 Å². The van der Waals surface area contributed by atoms with Crippen LogP contribution >= 0.6 is 11.6 Å². The summed E-state index contributed by atoms with van der Waals surface area (Å²) in [6.45, 7) is 1.95. The van der Waals surface area contributed by atoms with Crippen LogP contribution < -0.4 is 0 Å². The second kappa shape index (κ2) is 9.76. The first kappa shape index (κ1) is 23.5. The van der Waals surface area contributed by atoms with Crippen molar-refractivity contribution in [2.45, 2.75) is 38.0 Å². The minimum atomic E-state index is -0.933. The van der Waals surface area contributed by atoms with E-state index < -0.39 is 5.54 Å². The van der Waals surface area contributed by atoms with E-state index in [2.05, 4.69) is 9.88 Å². The van der Waals surface area contributed by atoms with Gasteiger partial charge in [0.05, 0.1) is 12.2 Å².